The molecule has 0 unspecified atom stereocenters. The van der Waals surface area contributed by atoms with Crippen molar-refractivity contribution in [3.05, 3.63) is 144 Å². The molecule has 2 heterocycles. The lowest BCUT2D eigenvalue weighted by Gasteiger charge is -2.26. The molecule has 1 aromatic heterocycles. The number of thiazole rings is 1. The summed E-state index contributed by atoms with van der Waals surface area (Å²) < 4.78 is 35.8. The maximum Gasteiger partial charge on any atom is 0.338 e. The number of hydrogen-bond donors (Lipinski definition) is 0. The summed E-state index contributed by atoms with van der Waals surface area (Å²) >= 11 is 1.22. The van der Waals surface area contributed by atoms with E-state index in [0.29, 0.717) is 73.5 Å². The normalized spacial score (nSPS) is 13.8. The van der Waals surface area contributed by atoms with Gasteiger partial charge in [0.1, 0.15) is 6.61 Å². The summed E-state index contributed by atoms with van der Waals surface area (Å²) in [5.74, 6) is 1.01. The molecule has 0 radical (unpaired) electrons. The van der Waals surface area contributed by atoms with Gasteiger partial charge in [0.2, 0.25) is 0 Å². The highest BCUT2D eigenvalue weighted by atomic mass is 32.1. The van der Waals surface area contributed by atoms with E-state index in [1.165, 1.54) is 23.0 Å². The van der Waals surface area contributed by atoms with Crippen LogP contribution in [0.2, 0.25) is 0 Å². The van der Waals surface area contributed by atoms with Crippen molar-refractivity contribution in [2.75, 3.05) is 34.0 Å². The molecule has 278 valence electrons. The molecular weight excluding hydrogens is 709 g/mol. The van der Waals surface area contributed by atoms with Gasteiger partial charge in [0.25, 0.3) is 5.56 Å². The summed E-state index contributed by atoms with van der Waals surface area (Å²) in [4.78, 5) is 45.7. The van der Waals surface area contributed by atoms with Crippen molar-refractivity contribution in [2.24, 2.45) is 4.99 Å². The number of aromatic nitrogens is 1. The standard InChI is InChI=1S/C42H40N2O9S/c1-6-50-34-22-27(16-20-32(34)53-25-26-14-17-29(18-15-26)40(46)51-7-2)23-35-39(45)44-38(30-19-21-31(48-4)33(24-30)49-5)36(41(47)52-8-3)37(43-42(44)54-35)28-12-10-9-11-13-28/h9-24,38H,6-8,25H2,1-5H3/b35-23-/t38-/m0/s1. The topological polar surface area (TPSA) is 124 Å². The number of esters is 2. The van der Waals surface area contributed by atoms with E-state index in [9.17, 15) is 14.4 Å². The second-order valence-corrected chi connectivity index (χ2v) is 12.9. The highest BCUT2D eigenvalue weighted by Crippen LogP contribution is 2.38. The molecule has 0 fully saturated rings. The molecule has 0 N–H and O–H groups in total. The van der Waals surface area contributed by atoms with E-state index >= 15 is 0 Å². The van der Waals surface area contributed by atoms with Gasteiger partial charge in [0, 0.05) is 5.56 Å². The van der Waals surface area contributed by atoms with Crippen LogP contribution in [0.25, 0.3) is 11.8 Å². The Morgan fingerprint density at radius 1 is 0.759 bits per heavy atom. The maximum atomic E-state index is 14.5. The fraction of sp³-hybridized carbons (Fsp3) is 0.238. The summed E-state index contributed by atoms with van der Waals surface area (Å²) in [5.41, 5.74) is 3.65. The van der Waals surface area contributed by atoms with Crippen LogP contribution in [0.4, 0.5) is 0 Å². The quantitative estimate of drug-likeness (QED) is 0.124. The predicted octanol–water partition coefficient (Wildman–Crippen LogP) is 6.11. The molecule has 54 heavy (non-hydrogen) atoms. The predicted molar refractivity (Wildman–Crippen MR) is 205 cm³/mol. The van der Waals surface area contributed by atoms with Crippen molar-refractivity contribution in [1.82, 2.24) is 4.57 Å². The smallest absolute Gasteiger partial charge is 0.338 e. The minimum atomic E-state index is -0.890. The van der Waals surface area contributed by atoms with Crippen LogP contribution < -0.4 is 33.8 Å². The number of carbonyl (C=O) groups excluding carboxylic acids is 2. The Balaban J connectivity index is 1.43. The zero-order chi connectivity index (χ0) is 38.2. The molecule has 1 aliphatic heterocycles. The van der Waals surface area contributed by atoms with Crippen molar-refractivity contribution < 1.29 is 38.0 Å². The van der Waals surface area contributed by atoms with Crippen LogP contribution in [0.5, 0.6) is 23.0 Å². The highest BCUT2D eigenvalue weighted by molar-refractivity contribution is 7.07. The van der Waals surface area contributed by atoms with Gasteiger partial charge in [0.15, 0.2) is 27.8 Å². The number of rotatable bonds is 14. The molecule has 1 atom stereocenters. The number of hydrogen-bond acceptors (Lipinski definition) is 11. The number of carbonyl (C=O) groups is 2. The molecule has 0 saturated carbocycles. The molecule has 12 heteroatoms. The van der Waals surface area contributed by atoms with Gasteiger partial charge in [0.05, 0.1) is 61.4 Å². The highest BCUT2D eigenvalue weighted by Gasteiger charge is 2.35. The molecule has 11 nitrogen and oxygen atoms in total. The fourth-order valence-corrected chi connectivity index (χ4v) is 7.05. The Hall–Kier alpha value is -6.14. The zero-order valence-electron chi connectivity index (χ0n) is 30.6. The van der Waals surface area contributed by atoms with Gasteiger partial charge >= 0.3 is 11.9 Å². The molecule has 6 rings (SSSR count). The van der Waals surface area contributed by atoms with E-state index < -0.39 is 12.0 Å². The summed E-state index contributed by atoms with van der Waals surface area (Å²) in [7, 11) is 3.07. The average Bonchev–Trinajstić information content (AvgIpc) is 3.51. The van der Waals surface area contributed by atoms with Crippen molar-refractivity contribution >= 4 is 35.0 Å². The van der Waals surface area contributed by atoms with Gasteiger partial charge in [-0.15, -0.1) is 0 Å². The number of fused-ring (bicyclic) bond motifs is 1. The Labute approximate surface area is 316 Å². The first-order chi connectivity index (χ1) is 26.3. The number of nitrogens with zero attached hydrogens (tertiary/aromatic N) is 2. The van der Waals surface area contributed by atoms with Crippen LogP contribution in [0.15, 0.2) is 106 Å². The SMILES string of the molecule is CCOC(=O)C1=C(c2ccccc2)N=c2s/c(=C\c3ccc(OCc4ccc(C(=O)OCC)cc4)c(OCC)c3)c(=O)n2[C@H]1c1ccc(OC)c(OC)c1. The molecule has 5 aromatic rings. The van der Waals surface area contributed by atoms with E-state index in [0.717, 1.165) is 5.56 Å². The van der Waals surface area contributed by atoms with Crippen molar-refractivity contribution in [2.45, 2.75) is 33.4 Å². The van der Waals surface area contributed by atoms with Crippen molar-refractivity contribution in [1.29, 1.82) is 0 Å². The van der Waals surface area contributed by atoms with Gasteiger partial charge in [-0.05, 0) is 79.9 Å². The van der Waals surface area contributed by atoms with Gasteiger partial charge in [-0.1, -0.05) is 65.9 Å². The minimum absolute atomic E-state index is 0.136. The third kappa shape index (κ3) is 7.93. The first kappa shape index (κ1) is 37.6. The molecule has 0 aliphatic carbocycles. The van der Waals surface area contributed by atoms with Crippen LogP contribution in [0, 0.1) is 0 Å². The summed E-state index contributed by atoms with van der Waals surface area (Å²) in [5, 5.41) is 0. The average molecular weight is 749 g/mol. The van der Waals surface area contributed by atoms with Gasteiger partial charge < -0.3 is 28.4 Å². The largest absolute Gasteiger partial charge is 0.493 e. The van der Waals surface area contributed by atoms with Gasteiger partial charge in [-0.2, -0.15) is 0 Å². The van der Waals surface area contributed by atoms with E-state index in [1.807, 2.05) is 61.5 Å². The second-order valence-electron chi connectivity index (χ2n) is 11.9. The molecular formula is C42H40N2O9S. The lowest BCUT2D eigenvalue weighted by Crippen LogP contribution is -2.40. The Morgan fingerprint density at radius 3 is 2.15 bits per heavy atom. The van der Waals surface area contributed by atoms with Gasteiger partial charge in [-0.25, -0.2) is 14.6 Å². The van der Waals surface area contributed by atoms with E-state index in [2.05, 4.69) is 0 Å². The fourth-order valence-electron chi connectivity index (χ4n) is 6.04. The van der Waals surface area contributed by atoms with Crippen LogP contribution >= 0.6 is 11.3 Å². The lowest BCUT2D eigenvalue weighted by atomic mass is 9.93. The Kier molecular flexibility index (Phi) is 11.9. The van der Waals surface area contributed by atoms with Crippen LogP contribution in [-0.2, 0) is 20.9 Å². The van der Waals surface area contributed by atoms with Crippen LogP contribution in [0.3, 0.4) is 0 Å². The molecule has 0 amide bonds. The molecule has 0 bridgehead atoms. The monoisotopic (exact) mass is 748 g/mol. The van der Waals surface area contributed by atoms with E-state index in [4.69, 9.17) is 33.4 Å². The Bertz CT molecular complexity index is 2360. The molecule has 0 saturated heterocycles. The zero-order valence-corrected chi connectivity index (χ0v) is 31.4. The van der Waals surface area contributed by atoms with E-state index in [1.54, 1.807) is 63.4 Å². The summed E-state index contributed by atoms with van der Waals surface area (Å²) in [6.07, 6.45) is 1.77. The Morgan fingerprint density at radius 2 is 1.46 bits per heavy atom. The van der Waals surface area contributed by atoms with Crippen LogP contribution in [-0.4, -0.2) is 50.5 Å². The first-order valence-electron chi connectivity index (χ1n) is 17.5. The lowest BCUT2D eigenvalue weighted by molar-refractivity contribution is -0.138. The minimum Gasteiger partial charge on any atom is -0.493 e. The number of ether oxygens (including phenoxy) is 6. The number of methoxy groups -OCH3 is 2. The maximum absolute atomic E-state index is 14.5. The molecule has 1 aliphatic rings. The second kappa shape index (κ2) is 17.1. The van der Waals surface area contributed by atoms with Crippen LogP contribution in [0.1, 0.15) is 59.4 Å². The van der Waals surface area contributed by atoms with E-state index in [-0.39, 0.29) is 30.3 Å². The first-order valence-corrected chi connectivity index (χ1v) is 18.3. The molecule has 4 aromatic carbocycles. The van der Waals surface area contributed by atoms with Crippen molar-refractivity contribution in [3.8, 4) is 23.0 Å². The molecule has 0 spiro atoms. The van der Waals surface area contributed by atoms with Gasteiger partial charge in [-0.3, -0.25) is 9.36 Å². The third-order valence-corrected chi connectivity index (χ3v) is 9.50. The summed E-state index contributed by atoms with van der Waals surface area (Å²) in [6.45, 7) is 6.45. The summed E-state index contributed by atoms with van der Waals surface area (Å²) in [6, 6.07) is 26.2. The number of benzene rings is 4. The third-order valence-electron chi connectivity index (χ3n) is 8.52. The van der Waals surface area contributed by atoms with Crippen molar-refractivity contribution in [3.63, 3.8) is 0 Å².